The van der Waals surface area contributed by atoms with Crippen LogP contribution in [0.2, 0.25) is 0 Å². The smallest absolute Gasteiger partial charge is 0.236 e. The van der Waals surface area contributed by atoms with Gasteiger partial charge in [0.15, 0.2) is 0 Å². The van der Waals surface area contributed by atoms with Gasteiger partial charge >= 0.3 is 0 Å². The van der Waals surface area contributed by atoms with Crippen LogP contribution in [0.4, 0.5) is 0 Å². The molecule has 1 aliphatic heterocycles. The van der Waals surface area contributed by atoms with Crippen molar-refractivity contribution >= 4 is 5.91 Å². The maximum Gasteiger partial charge on any atom is 0.236 e. The zero-order valence-corrected chi connectivity index (χ0v) is 8.64. The molecule has 80 valence electrons. The Bertz CT molecular complexity index is 361. The second-order valence-corrected chi connectivity index (χ2v) is 3.70. The van der Waals surface area contributed by atoms with Crippen LogP contribution >= 0.6 is 0 Å². The highest BCUT2D eigenvalue weighted by Gasteiger charge is 2.38. The van der Waals surface area contributed by atoms with Gasteiger partial charge < -0.3 is 10.5 Å². The third-order valence-corrected chi connectivity index (χ3v) is 2.59. The molecular weight excluding hydrogens is 192 g/mol. The van der Waals surface area contributed by atoms with E-state index in [2.05, 4.69) is 0 Å². The summed E-state index contributed by atoms with van der Waals surface area (Å²) in [6.45, 7) is 1.55. The first kappa shape index (κ1) is 9.98. The molecule has 1 heterocycles. The van der Waals surface area contributed by atoms with E-state index in [-0.39, 0.29) is 11.9 Å². The molecule has 0 aromatic heterocycles. The summed E-state index contributed by atoms with van der Waals surface area (Å²) in [6.07, 6.45) is 0. The van der Waals surface area contributed by atoms with E-state index in [0.29, 0.717) is 0 Å². The van der Waals surface area contributed by atoms with Crippen molar-refractivity contribution in [3.8, 4) is 5.75 Å². The first-order valence-corrected chi connectivity index (χ1v) is 4.87. The predicted octanol–water partition coefficient (Wildman–Crippen LogP) is 0.365. The van der Waals surface area contributed by atoms with Crippen LogP contribution in [0.3, 0.4) is 0 Å². The van der Waals surface area contributed by atoms with Crippen LogP contribution in [0, 0.1) is 0 Å². The first-order chi connectivity index (χ1) is 7.20. The second kappa shape index (κ2) is 3.90. The van der Waals surface area contributed by atoms with E-state index in [9.17, 15) is 4.79 Å². The van der Waals surface area contributed by atoms with Gasteiger partial charge in [-0.05, 0) is 17.7 Å². The Hall–Kier alpha value is -1.55. The topological polar surface area (TPSA) is 55.3 Å². The summed E-state index contributed by atoms with van der Waals surface area (Å²) in [7, 11) is 1.64. The minimum atomic E-state index is -0.233. The molecule has 1 aromatic carbocycles. The maximum absolute atomic E-state index is 10.8. The first-order valence-electron chi connectivity index (χ1n) is 4.87. The standard InChI is InChI=1S/C11H14N2O2/c1-15-9-4-2-8(3-5-9)6-13-7-10(13)11(12)14/h2-5,10H,6-7H2,1H3,(H2,12,14)/t10-,13?/m0/s1. The van der Waals surface area contributed by atoms with E-state index >= 15 is 0 Å². The van der Waals surface area contributed by atoms with Crippen LogP contribution in [0.15, 0.2) is 24.3 Å². The van der Waals surface area contributed by atoms with E-state index in [4.69, 9.17) is 10.5 Å². The summed E-state index contributed by atoms with van der Waals surface area (Å²) in [5.74, 6) is 0.611. The molecule has 1 aliphatic rings. The third-order valence-electron chi connectivity index (χ3n) is 2.59. The lowest BCUT2D eigenvalue weighted by Crippen LogP contribution is -2.21. The molecule has 2 N–H and O–H groups in total. The van der Waals surface area contributed by atoms with Crippen LogP contribution in [0.25, 0.3) is 0 Å². The number of primary amides is 1. The van der Waals surface area contributed by atoms with E-state index in [0.717, 1.165) is 18.8 Å². The highest BCUT2D eigenvalue weighted by Crippen LogP contribution is 2.21. The summed E-state index contributed by atoms with van der Waals surface area (Å²) >= 11 is 0. The lowest BCUT2D eigenvalue weighted by molar-refractivity contribution is -0.118. The lowest BCUT2D eigenvalue weighted by Gasteiger charge is -2.04. The van der Waals surface area contributed by atoms with E-state index < -0.39 is 0 Å². The minimum Gasteiger partial charge on any atom is -0.497 e. The summed E-state index contributed by atoms with van der Waals surface area (Å²) in [4.78, 5) is 12.9. The van der Waals surface area contributed by atoms with Gasteiger partial charge in [0.25, 0.3) is 0 Å². The fraction of sp³-hybridized carbons (Fsp3) is 0.364. The van der Waals surface area contributed by atoms with Gasteiger partial charge in [-0.1, -0.05) is 12.1 Å². The number of nitrogens with two attached hydrogens (primary N) is 1. The van der Waals surface area contributed by atoms with E-state index in [1.165, 1.54) is 5.56 Å². The molecule has 2 rings (SSSR count). The van der Waals surface area contributed by atoms with Crippen LogP contribution < -0.4 is 10.5 Å². The predicted molar refractivity (Wildman–Crippen MR) is 56.4 cm³/mol. The number of rotatable bonds is 4. The van der Waals surface area contributed by atoms with Crippen molar-refractivity contribution in [2.45, 2.75) is 12.6 Å². The average Bonchev–Trinajstić information content (AvgIpc) is 2.98. The van der Waals surface area contributed by atoms with Crippen LogP contribution in [-0.2, 0) is 11.3 Å². The SMILES string of the molecule is COc1ccc(CN2C[C@H]2C(N)=O)cc1. The molecule has 0 spiro atoms. The van der Waals surface area contributed by atoms with Gasteiger partial charge in [0.2, 0.25) is 5.91 Å². The van der Waals surface area contributed by atoms with Gasteiger partial charge in [-0.3, -0.25) is 9.69 Å². The molecule has 4 heteroatoms. The Kier molecular flexibility index (Phi) is 2.60. The third kappa shape index (κ3) is 2.27. The van der Waals surface area contributed by atoms with Crippen molar-refractivity contribution in [1.29, 1.82) is 0 Å². The van der Waals surface area contributed by atoms with E-state index in [1.807, 2.05) is 29.2 Å². The Morgan fingerprint density at radius 3 is 2.67 bits per heavy atom. The van der Waals surface area contributed by atoms with Crippen LogP contribution in [0.5, 0.6) is 5.75 Å². The number of ether oxygens (including phenoxy) is 1. The van der Waals surface area contributed by atoms with Gasteiger partial charge in [-0.15, -0.1) is 0 Å². The number of nitrogens with zero attached hydrogens (tertiary/aromatic N) is 1. The molecule has 0 bridgehead atoms. The van der Waals surface area contributed by atoms with Crippen molar-refractivity contribution in [3.63, 3.8) is 0 Å². The normalized spacial score (nSPS) is 23.5. The van der Waals surface area contributed by atoms with Gasteiger partial charge in [-0.25, -0.2) is 0 Å². The molecule has 1 amide bonds. The molecule has 2 atom stereocenters. The number of benzene rings is 1. The summed E-state index contributed by atoms with van der Waals surface area (Å²) in [5.41, 5.74) is 6.35. The molecule has 15 heavy (non-hydrogen) atoms. The fourth-order valence-electron chi connectivity index (χ4n) is 1.59. The number of amides is 1. The summed E-state index contributed by atoms with van der Waals surface area (Å²) < 4.78 is 5.06. The zero-order valence-electron chi connectivity index (χ0n) is 8.64. The monoisotopic (exact) mass is 206 g/mol. The average molecular weight is 206 g/mol. The zero-order chi connectivity index (χ0) is 10.8. The Balaban J connectivity index is 1.92. The second-order valence-electron chi connectivity index (χ2n) is 3.70. The minimum absolute atomic E-state index is 0.0629. The van der Waals surface area contributed by atoms with Gasteiger partial charge in [0.1, 0.15) is 11.8 Å². The van der Waals surface area contributed by atoms with Crippen molar-refractivity contribution in [1.82, 2.24) is 4.90 Å². The molecule has 4 nitrogen and oxygen atoms in total. The van der Waals surface area contributed by atoms with Crippen molar-refractivity contribution in [3.05, 3.63) is 29.8 Å². The molecule has 1 saturated heterocycles. The Labute approximate surface area is 88.6 Å². The molecule has 1 unspecified atom stereocenters. The quantitative estimate of drug-likeness (QED) is 0.724. The lowest BCUT2D eigenvalue weighted by atomic mass is 10.2. The van der Waals surface area contributed by atoms with Crippen molar-refractivity contribution in [2.24, 2.45) is 5.73 Å². The van der Waals surface area contributed by atoms with Crippen LogP contribution in [-0.4, -0.2) is 30.5 Å². The molecular formula is C11H14N2O2. The molecule has 0 saturated carbocycles. The number of hydrogen-bond donors (Lipinski definition) is 1. The maximum atomic E-state index is 10.8. The van der Waals surface area contributed by atoms with Gasteiger partial charge in [-0.2, -0.15) is 0 Å². The summed E-state index contributed by atoms with van der Waals surface area (Å²) in [5, 5.41) is 0. The Morgan fingerprint density at radius 1 is 1.53 bits per heavy atom. The number of carbonyl (C=O) groups excluding carboxylic acids is 1. The molecule has 1 fully saturated rings. The van der Waals surface area contributed by atoms with Gasteiger partial charge in [0, 0.05) is 13.1 Å². The van der Waals surface area contributed by atoms with Crippen molar-refractivity contribution in [2.75, 3.05) is 13.7 Å². The number of hydrogen-bond acceptors (Lipinski definition) is 3. The molecule has 1 aromatic rings. The van der Waals surface area contributed by atoms with Crippen LogP contribution in [0.1, 0.15) is 5.56 Å². The molecule has 0 radical (unpaired) electrons. The van der Waals surface area contributed by atoms with Crippen molar-refractivity contribution < 1.29 is 9.53 Å². The highest BCUT2D eigenvalue weighted by atomic mass is 16.5. The van der Waals surface area contributed by atoms with E-state index in [1.54, 1.807) is 7.11 Å². The highest BCUT2D eigenvalue weighted by molar-refractivity contribution is 5.82. The fourth-order valence-corrected chi connectivity index (χ4v) is 1.59. The summed E-state index contributed by atoms with van der Waals surface area (Å²) in [6, 6.07) is 7.76. The number of methoxy groups -OCH3 is 1. The molecule has 0 aliphatic carbocycles. The van der Waals surface area contributed by atoms with Gasteiger partial charge in [0.05, 0.1) is 7.11 Å². The number of carbonyl (C=O) groups is 1. The Morgan fingerprint density at radius 2 is 2.20 bits per heavy atom. The largest absolute Gasteiger partial charge is 0.497 e.